The number of rotatable bonds is 3. The SMILES string of the molecule is CC(C)c1ccccc1NC(=O)N(C)c1ccccc1Br. The normalized spacial score (nSPS) is 10.5. The zero-order valence-corrected chi connectivity index (χ0v) is 14.0. The van der Waals surface area contributed by atoms with Gasteiger partial charge in [-0.1, -0.05) is 44.2 Å². The van der Waals surface area contributed by atoms with E-state index in [2.05, 4.69) is 35.1 Å². The molecule has 2 aromatic carbocycles. The number of halogens is 1. The van der Waals surface area contributed by atoms with Crippen LogP contribution in [-0.4, -0.2) is 13.1 Å². The van der Waals surface area contributed by atoms with Crippen LogP contribution in [0.5, 0.6) is 0 Å². The summed E-state index contributed by atoms with van der Waals surface area (Å²) in [6.07, 6.45) is 0. The lowest BCUT2D eigenvalue weighted by molar-refractivity contribution is 0.258. The molecule has 0 bridgehead atoms. The molecule has 21 heavy (non-hydrogen) atoms. The molecule has 110 valence electrons. The van der Waals surface area contributed by atoms with Gasteiger partial charge in [0.1, 0.15) is 0 Å². The highest BCUT2D eigenvalue weighted by atomic mass is 79.9. The Hall–Kier alpha value is -1.81. The Bertz CT molecular complexity index is 640. The third-order valence-corrected chi connectivity index (χ3v) is 4.01. The second-order valence-electron chi connectivity index (χ2n) is 5.18. The molecular weight excluding hydrogens is 328 g/mol. The molecule has 0 aliphatic heterocycles. The van der Waals surface area contributed by atoms with Crippen molar-refractivity contribution < 1.29 is 4.79 Å². The minimum atomic E-state index is -0.157. The molecule has 0 radical (unpaired) electrons. The average Bonchev–Trinajstić information content (AvgIpc) is 2.47. The van der Waals surface area contributed by atoms with E-state index >= 15 is 0 Å². The first kappa shape index (κ1) is 15.6. The highest BCUT2D eigenvalue weighted by Gasteiger charge is 2.15. The summed E-state index contributed by atoms with van der Waals surface area (Å²) < 4.78 is 0.889. The summed E-state index contributed by atoms with van der Waals surface area (Å²) in [5.41, 5.74) is 2.82. The molecule has 0 fully saturated rings. The van der Waals surface area contributed by atoms with Gasteiger partial charge in [-0.3, -0.25) is 4.90 Å². The lowest BCUT2D eigenvalue weighted by atomic mass is 10.0. The van der Waals surface area contributed by atoms with Crippen molar-refractivity contribution in [3.8, 4) is 0 Å². The summed E-state index contributed by atoms with van der Waals surface area (Å²) in [5.74, 6) is 0.357. The van der Waals surface area contributed by atoms with Gasteiger partial charge in [-0.2, -0.15) is 0 Å². The molecule has 0 saturated carbocycles. The summed E-state index contributed by atoms with van der Waals surface area (Å²) in [6, 6.07) is 15.4. The third kappa shape index (κ3) is 3.64. The molecule has 3 nitrogen and oxygen atoms in total. The van der Waals surface area contributed by atoms with Gasteiger partial charge >= 0.3 is 6.03 Å². The van der Waals surface area contributed by atoms with Gasteiger partial charge in [0.25, 0.3) is 0 Å². The van der Waals surface area contributed by atoms with Crippen molar-refractivity contribution in [3.63, 3.8) is 0 Å². The Balaban J connectivity index is 2.21. The van der Waals surface area contributed by atoms with E-state index in [0.717, 1.165) is 21.4 Å². The molecule has 0 aliphatic carbocycles. The van der Waals surface area contributed by atoms with E-state index in [9.17, 15) is 4.79 Å². The summed E-state index contributed by atoms with van der Waals surface area (Å²) in [6.45, 7) is 4.23. The monoisotopic (exact) mass is 346 g/mol. The Morgan fingerprint density at radius 2 is 1.71 bits per heavy atom. The van der Waals surface area contributed by atoms with Gasteiger partial charge in [0.15, 0.2) is 0 Å². The molecule has 2 rings (SSSR count). The fourth-order valence-corrected chi connectivity index (χ4v) is 2.70. The van der Waals surface area contributed by atoms with Crippen LogP contribution in [0.3, 0.4) is 0 Å². The van der Waals surface area contributed by atoms with Crippen molar-refractivity contribution in [2.24, 2.45) is 0 Å². The number of hydrogen-bond donors (Lipinski definition) is 1. The van der Waals surface area contributed by atoms with Crippen LogP contribution in [0.2, 0.25) is 0 Å². The standard InChI is InChI=1S/C17H19BrN2O/c1-12(2)13-8-4-6-10-15(13)19-17(21)20(3)16-11-7-5-9-14(16)18/h4-12H,1-3H3,(H,19,21). The van der Waals surface area contributed by atoms with Crippen LogP contribution >= 0.6 is 15.9 Å². The van der Waals surface area contributed by atoms with Crippen LogP contribution in [0.25, 0.3) is 0 Å². The first-order chi connectivity index (χ1) is 10.0. The fourth-order valence-electron chi connectivity index (χ4n) is 2.15. The predicted octanol–water partition coefficient (Wildman–Crippen LogP) is 5.24. The van der Waals surface area contributed by atoms with E-state index in [4.69, 9.17) is 0 Å². The maximum atomic E-state index is 12.4. The van der Waals surface area contributed by atoms with Gasteiger partial charge in [-0.15, -0.1) is 0 Å². The molecule has 0 saturated heterocycles. The fraction of sp³-hybridized carbons (Fsp3) is 0.235. The Kier molecular flexibility index (Phi) is 5.02. The maximum Gasteiger partial charge on any atom is 0.326 e. The van der Waals surface area contributed by atoms with Gasteiger partial charge in [0, 0.05) is 17.2 Å². The Morgan fingerprint density at radius 1 is 1.10 bits per heavy atom. The number of anilines is 2. The van der Waals surface area contributed by atoms with Crippen LogP contribution < -0.4 is 10.2 Å². The summed E-state index contributed by atoms with van der Waals surface area (Å²) in [7, 11) is 1.76. The van der Waals surface area contributed by atoms with Crippen molar-refractivity contribution in [2.45, 2.75) is 19.8 Å². The van der Waals surface area contributed by atoms with Crippen molar-refractivity contribution in [1.29, 1.82) is 0 Å². The van der Waals surface area contributed by atoms with Gasteiger partial charge in [0.2, 0.25) is 0 Å². The van der Waals surface area contributed by atoms with Gasteiger partial charge < -0.3 is 5.32 Å². The molecule has 0 heterocycles. The van der Waals surface area contributed by atoms with Crippen LogP contribution in [0.4, 0.5) is 16.2 Å². The zero-order valence-electron chi connectivity index (χ0n) is 12.4. The van der Waals surface area contributed by atoms with E-state index in [-0.39, 0.29) is 6.03 Å². The molecule has 0 aliphatic rings. The zero-order chi connectivity index (χ0) is 15.4. The molecule has 0 unspecified atom stereocenters. The van der Waals surface area contributed by atoms with Crippen LogP contribution in [-0.2, 0) is 0 Å². The van der Waals surface area contributed by atoms with Gasteiger partial charge in [-0.05, 0) is 45.6 Å². The molecule has 0 spiro atoms. The summed E-state index contributed by atoms with van der Waals surface area (Å²) in [5, 5.41) is 2.98. The van der Waals surface area contributed by atoms with Crippen molar-refractivity contribution in [3.05, 3.63) is 58.6 Å². The highest BCUT2D eigenvalue weighted by molar-refractivity contribution is 9.10. The molecular formula is C17H19BrN2O. The van der Waals surface area contributed by atoms with Crippen LogP contribution in [0.1, 0.15) is 25.3 Å². The lowest BCUT2D eigenvalue weighted by Gasteiger charge is -2.21. The van der Waals surface area contributed by atoms with Crippen molar-refractivity contribution in [2.75, 3.05) is 17.3 Å². The number of amides is 2. The molecule has 2 aromatic rings. The third-order valence-electron chi connectivity index (χ3n) is 3.34. The van der Waals surface area contributed by atoms with Gasteiger partial charge in [-0.25, -0.2) is 4.79 Å². The Morgan fingerprint density at radius 3 is 2.38 bits per heavy atom. The van der Waals surface area contributed by atoms with Crippen molar-refractivity contribution >= 4 is 33.3 Å². The van der Waals surface area contributed by atoms with E-state index in [1.54, 1.807) is 11.9 Å². The Labute approximate surface area is 134 Å². The molecule has 1 N–H and O–H groups in total. The first-order valence-electron chi connectivity index (χ1n) is 6.89. The number of nitrogens with zero attached hydrogens (tertiary/aromatic N) is 1. The average molecular weight is 347 g/mol. The molecule has 4 heteroatoms. The summed E-state index contributed by atoms with van der Waals surface area (Å²) in [4.78, 5) is 14.0. The highest BCUT2D eigenvalue weighted by Crippen LogP contribution is 2.27. The topological polar surface area (TPSA) is 32.3 Å². The number of nitrogens with one attached hydrogen (secondary N) is 1. The molecule has 2 amide bonds. The van der Waals surface area contributed by atoms with E-state index < -0.39 is 0 Å². The second-order valence-corrected chi connectivity index (χ2v) is 6.04. The number of carbonyl (C=O) groups excluding carboxylic acids is 1. The number of benzene rings is 2. The smallest absolute Gasteiger partial charge is 0.307 e. The molecule has 0 atom stereocenters. The predicted molar refractivity (Wildman–Crippen MR) is 92.1 cm³/mol. The van der Waals surface area contributed by atoms with E-state index in [1.165, 1.54) is 0 Å². The van der Waals surface area contributed by atoms with Crippen LogP contribution in [0, 0.1) is 0 Å². The largest absolute Gasteiger partial charge is 0.326 e. The van der Waals surface area contributed by atoms with E-state index in [1.807, 2.05) is 48.5 Å². The summed E-state index contributed by atoms with van der Waals surface area (Å²) >= 11 is 3.47. The van der Waals surface area contributed by atoms with E-state index in [0.29, 0.717) is 5.92 Å². The maximum absolute atomic E-state index is 12.4. The van der Waals surface area contributed by atoms with Gasteiger partial charge in [0.05, 0.1) is 5.69 Å². The molecule has 0 aromatic heterocycles. The second kappa shape index (κ2) is 6.76. The number of para-hydroxylation sites is 2. The number of carbonyl (C=O) groups is 1. The van der Waals surface area contributed by atoms with Crippen LogP contribution in [0.15, 0.2) is 53.0 Å². The quantitative estimate of drug-likeness (QED) is 0.809. The first-order valence-corrected chi connectivity index (χ1v) is 7.68. The minimum Gasteiger partial charge on any atom is -0.307 e. The van der Waals surface area contributed by atoms with Crippen molar-refractivity contribution in [1.82, 2.24) is 0 Å². The number of hydrogen-bond acceptors (Lipinski definition) is 1. The number of urea groups is 1. The minimum absolute atomic E-state index is 0.157. The lowest BCUT2D eigenvalue weighted by Crippen LogP contribution is -2.31.